The Morgan fingerprint density at radius 1 is 1.22 bits per heavy atom. The molecule has 3 N–H and O–H groups in total. The zero-order valence-corrected chi connectivity index (χ0v) is 19.1. The van der Waals surface area contributed by atoms with E-state index in [2.05, 4.69) is 26.7 Å². The van der Waals surface area contributed by atoms with Crippen LogP contribution in [0.15, 0.2) is 52.4 Å². The van der Waals surface area contributed by atoms with Crippen LogP contribution in [0.3, 0.4) is 0 Å². The molecule has 0 saturated heterocycles. The molecule has 2 heterocycles. The lowest BCUT2D eigenvalue weighted by atomic mass is 9.92. The van der Waals surface area contributed by atoms with Gasteiger partial charge in [-0.15, -0.1) is 0 Å². The van der Waals surface area contributed by atoms with Crippen LogP contribution in [0, 0.1) is 13.8 Å². The smallest absolute Gasteiger partial charge is 0.257 e. The molecule has 1 aliphatic heterocycles. The Morgan fingerprint density at radius 2 is 2.00 bits per heavy atom. The van der Waals surface area contributed by atoms with E-state index in [0.717, 1.165) is 11.1 Å². The Bertz CT molecular complexity index is 1270. The Labute approximate surface area is 194 Å². The molecule has 0 saturated carbocycles. The first-order chi connectivity index (χ1) is 15.3. The van der Waals surface area contributed by atoms with Crippen molar-refractivity contribution in [3.05, 3.63) is 80.1 Å². The summed E-state index contributed by atoms with van der Waals surface area (Å²) in [5, 5.41) is 6.31. The summed E-state index contributed by atoms with van der Waals surface area (Å²) < 4.78 is 0. The van der Waals surface area contributed by atoms with Gasteiger partial charge < -0.3 is 15.6 Å². The van der Waals surface area contributed by atoms with E-state index < -0.39 is 17.4 Å². The molecule has 4 rings (SSSR count). The van der Waals surface area contributed by atoms with E-state index in [-0.39, 0.29) is 23.7 Å². The van der Waals surface area contributed by atoms with E-state index in [1.54, 1.807) is 25.1 Å². The molecule has 164 valence electrons. The maximum atomic E-state index is 13.0. The number of benzene rings is 2. The number of halogens is 1. The van der Waals surface area contributed by atoms with Crippen molar-refractivity contribution < 1.29 is 9.59 Å². The molecule has 1 atom stereocenters. The van der Waals surface area contributed by atoms with Crippen LogP contribution in [0.5, 0.6) is 0 Å². The van der Waals surface area contributed by atoms with Crippen molar-refractivity contribution in [3.63, 3.8) is 0 Å². The largest absolute Gasteiger partial charge is 0.325 e. The van der Waals surface area contributed by atoms with Gasteiger partial charge in [-0.25, -0.2) is 4.98 Å². The van der Waals surface area contributed by atoms with Crippen LogP contribution < -0.4 is 16.2 Å². The molecule has 0 radical (unpaired) electrons. The summed E-state index contributed by atoms with van der Waals surface area (Å²) in [4.78, 5) is 45.3. The lowest BCUT2D eigenvalue weighted by Gasteiger charge is -2.24. The summed E-state index contributed by atoms with van der Waals surface area (Å²) in [5.41, 5.74) is 3.19. The van der Waals surface area contributed by atoms with Gasteiger partial charge in [0.1, 0.15) is 5.82 Å². The van der Waals surface area contributed by atoms with Crippen LogP contribution in [-0.4, -0.2) is 21.8 Å². The number of H-pyrrole nitrogens is 1. The van der Waals surface area contributed by atoms with E-state index in [1.807, 2.05) is 25.1 Å². The summed E-state index contributed by atoms with van der Waals surface area (Å²) in [5.74, 6) is -1.05. The quantitative estimate of drug-likeness (QED) is 0.380. The maximum absolute atomic E-state index is 13.0. The Morgan fingerprint density at radius 3 is 2.78 bits per heavy atom. The van der Waals surface area contributed by atoms with E-state index in [1.165, 1.54) is 11.8 Å². The molecule has 32 heavy (non-hydrogen) atoms. The van der Waals surface area contributed by atoms with Crippen molar-refractivity contribution in [2.24, 2.45) is 0 Å². The molecule has 2 amide bonds. The number of carbonyl (C=O) groups is 2. The predicted molar refractivity (Wildman–Crippen MR) is 126 cm³/mol. The third kappa shape index (κ3) is 4.71. The summed E-state index contributed by atoms with van der Waals surface area (Å²) >= 11 is 7.48. The molecule has 3 aromatic rings. The topological polar surface area (TPSA) is 104 Å². The molecule has 7 nitrogen and oxygen atoms in total. The number of rotatable bonds is 5. The highest BCUT2D eigenvalue weighted by Gasteiger charge is 2.35. The fourth-order valence-corrected chi connectivity index (χ4v) is 4.54. The minimum Gasteiger partial charge on any atom is -0.325 e. The number of hydrogen-bond acceptors (Lipinski definition) is 5. The van der Waals surface area contributed by atoms with Crippen LogP contribution in [0.1, 0.15) is 34.6 Å². The van der Waals surface area contributed by atoms with Crippen LogP contribution >= 0.6 is 23.4 Å². The van der Waals surface area contributed by atoms with Gasteiger partial charge in [-0.05, 0) is 37.1 Å². The standard InChI is InChI=1S/C23H21ClN4O3S/c1-12-5-3-6-14(9-12)11-32-23-27-20-19(22(31)28-23)15(10-18(29)26-20)21(30)25-17-8-4-7-16(24)13(17)2/h3-9,15H,10-11H2,1-2H3,(H,25,30)(H2,26,27,28,29,31). The van der Waals surface area contributed by atoms with Gasteiger partial charge in [0.2, 0.25) is 11.8 Å². The van der Waals surface area contributed by atoms with Gasteiger partial charge in [0.25, 0.3) is 5.56 Å². The monoisotopic (exact) mass is 468 g/mol. The fraction of sp³-hybridized carbons (Fsp3) is 0.217. The van der Waals surface area contributed by atoms with Gasteiger partial charge in [-0.2, -0.15) is 0 Å². The molecule has 0 fully saturated rings. The highest BCUT2D eigenvalue weighted by molar-refractivity contribution is 7.98. The van der Waals surface area contributed by atoms with Crippen molar-refractivity contribution in [2.75, 3.05) is 10.6 Å². The molecule has 1 unspecified atom stereocenters. The van der Waals surface area contributed by atoms with Crippen molar-refractivity contribution in [1.82, 2.24) is 9.97 Å². The summed E-state index contributed by atoms with van der Waals surface area (Å²) in [6.45, 7) is 3.80. The molecule has 0 aliphatic carbocycles. The number of aryl methyl sites for hydroxylation is 1. The van der Waals surface area contributed by atoms with Gasteiger partial charge >= 0.3 is 0 Å². The number of amides is 2. The van der Waals surface area contributed by atoms with Gasteiger partial charge in [-0.3, -0.25) is 14.4 Å². The zero-order chi connectivity index (χ0) is 22.8. The summed E-state index contributed by atoms with van der Waals surface area (Å²) in [7, 11) is 0. The number of fused-ring (bicyclic) bond motifs is 1. The van der Waals surface area contributed by atoms with E-state index >= 15 is 0 Å². The van der Waals surface area contributed by atoms with Crippen LogP contribution in [0.2, 0.25) is 5.02 Å². The minimum atomic E-state index is -0.954. The van der Waals surface area contributed by atoms with Crippen molar-refractivity contribution in [2.45, 2.75) is 37.1 Å². The minimum absolute atomic E-state index is 0.125. The molecule has 2 aromatic carbocycles. The second kappa shape index (κ2) is 9.18. The second-order valence-electron chi connectivity index (χ2n) is 7.62. The lowest BCUT2D eigenvalue weighted by molar-refractivity contribution is -0.123. The Kier molecular flexibility index (Phi) is 6.34. The molecule has 9 heteroatoms. The number of nitrogens with one attached hydrogen (secondary N) is 3. The first kappa shape index (κ1) is 22.1. The first-order valence-electron chi connectivity index (χ1n) is 10.00. The fourth-order valence-electron chi connectivity index (χ4n) is 3.56. The Balaban J connectivity index is 1.59. The van der Waals surface area contributed by atoms with Crippen molar-refractivity contribution in [3.8, 4) is 0 Å². The average Bonchev–Trinajstić information content (AvgIpc) is 2.74. The second-order valence-corrected chi connectivity index (χ2v) is 8.99. The van der Waals surface area contributed by atoms with Gasteiger partial charge in [0.15, 0.2) is 5.16 Å². The van der Waals surface area contributed by atoms with Gasteiger partial charge in [0, 0.05) is 22.9 Å². The number of anilines is 2. The number of nitrogens with zero attached hydrogens (tertiary/aromatic N) is 1. The third-order valence-electron chi connectivity index (χ3n) is 5.23. The van der Waals surface area contributed by atoms with E-state index in [9.17, 15) is 14.4 Å². The lowest BCUT2D eigenvalue weighted by Crippen LogP contribution is -2.36. The van der Waals surface area contributed by atoms with E-state index in [4.69, 9.17) is 11.6 Å². The van der Waals surface area contributed by atoms with E-state index in [0.29, 0.717) is 27.2 Å². The average molecular weight is 469 g/mol. The van der Waals surface area contributed by atoms with Crippen LogP contribution in [0.25, 0.3) is 0 Å². The number of carbonyl (C=O) groups excluding carboxylic acids is 2. The molecule has 1 aliphatic rings. The highest BCUT2D eigenvalue weighted by atomic mass is 35.5. The highest BCUT2D eigenvalue weighted by Crippen LogP contribution is 2.32. The molecule has 0 spiro atoms. The van der Waals surface area contributed by atoms with Crippen molar-refractivity contribution >= 4 is 46.7 Å². The number of hydrogen-bond donors (Lipinski definition) is 3. The molecule has 1 aromatic heterocycles. The van der Waals surface area contributed by atoms with Gasteiger partial charge in [-0.1, -0.05) is 59.3 Å². The zero-order valence-electron chi connectivity index (χ0n) is 17.5. The summed E-state index contributed by atoms with van der Waals surface area (Å²) in [6, 6.07) is 13.2. The molecule has 0 bridgehead atoms. The molecular formula is C23H21ClN4O3S. The van der Waals surface area contributed by atoms with Crippen LogP contribution in [-0.2, 0) is 15.3 Å². The first-order valence-corrected chi connectivity index (χ1v) is 11.4. The normalized spacial score (nSPS) is 15.1. The maximum Gasteiger partial charge on any atom is 0.257 e. The molecular weight excluding hydrogens is 448 g/mol. The third-order valence-corrected chi connectivity index (χ3v) is 6.58. The predicted octanol–water partition coefficient (Wildman–Crippen LogP) is 4.40. The number of thioether (sulfide) groups is 1. The number of aromatic nitrogens is 2. The van der Waals surface area contributed by atoms with Gasteiger partial charge in [0.05, 0.1) is 11.5 Å². The Hall–Kier alpha value is -3.10. The van der Waals surface area contributed by atoms with Crippen molar-refractivity contribution in [1.29, 1.82) is 0 Å². The van der Waals surface area contributed by atoms with Crippen LogP contribution in [0.4, 0.5) is 11.5 Å². The summed E-state index contributed by atoms with van der Waals surface area (Å²) in [6.07, 6.45) is -0.140. The number of aromatic amines is 1. The SMILES string of the molecule is Cc1cccc(CSc2nc3c(c(=O)[nH]2)C(C(=O)Nc2cccc(Cl)c2C)CC(=O)N3)c1.